The van der Waals surface area contributed by atoms with Crippen LogP contribution in [0, 0.1) is 0 Å². The summed E-state index contributed by atoms with van der Waals surface area (Å²) in [5.41, 5.74) is 5.48. The molecule has 39 heavy (non-hydrogen) atoms. The van der Waals surface area contributed by atoms with Crippen LogP contribution in [-0.4, -0.2) is 62.9 Å². The van der Waals surface area contributed by atoms with Crippen molar-refractivity contribution in [1.29, 1.82) is 0 Å². The number of aliphatic hydroxyl groups excluding tert-OH is 1. The number of nitrogens with one attached hydrogen (secondary N) is 1. The highest BCUT2D eigenvalue weighted by molar-refractivity contribution is 8.00. The number of anilines is 2. The Morgan fingerprint density at radius 2 is 1.95 bits per heavy atom. The number of benzene rings is 2. The molecule has 0 saturated carbocycles. The number of hydrogen-bond acceptors (Lipinski definition) is 10. The lowest BCUT2D eigenvalue weighted by Crippen LogP contribution is -2.44. The van der Waals surface area contributed by atoms with Crippen LogP contribution in [-0.2, 0) is 11.2 Å². The third kappa shape index (κ3) is 5.78. The van der Waals surface area contributed by atoms with Crippen molar-refractivity contribution < 1.29 is 14.3 Å². The van der Waals surface area contributed by atoms with Gasteiger partial charge in [-0.15, -0.1) is 10.2 Å². The molecule has 1 saturated heterocycles. The van der Waals surface area contributed by atoms with E-state index in [1.54, 1.807) is 12.3 Å². The van der Waals surface area contributed by atoms with Crippen LogP contribution in [0.1, 0.15) is 31.7 Å². The number of hydrogen-bond donors (Lipinski definition) is 2. The van der Waals surface area contributed by atoms with Gasteiger partial charge in [0, 0.05) is 42.9 Å². The number of piperidine rings is 1. The molecule has 3 aliphatic rings. The Kier molecular flexibility index (Phi) is 7.49. The molecule has 2 N–H and O–H groups in total. The van der Waals surface area contributed by atoms with E-state index in [4.69, 9.17) is 14.1 Å². The molecule has 0 aliphatic carbocycles. The summed E-state index contributed by atoms with van der Waals surface area (Å²) in [6, 6.07) is 16.3. The SMILES string of the molecule is CC12CCN(CC1)c1cc(NSCCO)ccc1-c1nnc(o1)-c1ccnc(n1)-c1cccc(c1)CCCO2. The van der Waals surface area contributed by atoms with Crippen LogP contribution < -0.4 is 9.62 Å². The molecule has 0 spiro atoms. The Hall–Kier alpha value is -3.47. The monoisotopic (exact) mass is 544 g/mol. The normalized spacial score (nSPS) is 16.6. The van der Waals surface area contributed by atoms with Crippen LogP contribution in [0.5, 0.6) is 0 Å². The largest absolute Gasteiger partial charge is 0.415 e. The molecule has 0 radical (unpaired) electrons. The van der Waals surface area contributed by atoms with Crippen LogP contribution in [0.15, 0.2) is 59.1 Å². The molecule has 5 heterocycles. The van der Waals surface area contributed by atoms with Crippen molar-refractivity contribution in [2.75, 3.05) is 41.7 Å². The topological polar surface area (TPSA) is 109 Å². The van der Waals surface area contributed by atoms with E-state index < -0.39 is 0 Å². The Morgan fingerprint density at radius 3 is 2.82 bits per heavy atom. The zero-order valence-electron chi connectivity index (χ0n) is 22.0. The summed E-state index contributed by atoms with van der Waals surface area (Å²) in [7, 11) is 0. The second-order valence-corrected chi connectivity index (χ2v) is 11.1. The lowest BCUT2D eigenvalue weighted by molar-refractivity contribution is -0.0485. The molecule has 1 fully saturated rings. The van der Waals surface area contributed by atoms with Crippen molar-refractivity contribution in [3.05, 3.63) is 60.3 Å². The fourth-order valence-electron chi connectivity index (χ4n) is 5.10. The maximum Gasteiger partial charge on any atom is 0.266 e. The summed E-state index contributed by atoms with van der Waals surface area (Å²) in [4.78, 5) is 11.6. The van der Waals surface area contributed by atoms with Gasteiger partial charge in [0.2, 0.25) is 5.89 Å². The Bertz CT molecular complexity index is 1440. The summed E-state index contributed by atoms with van der Waals surface area (Å²) in [5.74, 6) is 2.03. The van der Waals surface area contributed by atoms with Crippen molar-refractivity contribution in [1.82, 2.24) is 20.2 Å². The highest BCUT2D eigenvalue weighted by Crippen LogP contribution is 2.38. The average molecular weight is 545 g/mol. The molecule has 3 aliphatic heterocycles. The van der Waals surface area contributed by atoms with Crippen LogP contribution in [0.2, 0.25) is 0 Å². The van der Waals surface area contributed by atoms with E-state index in [9.17, 15) is 5.11 Å². The highest BCUT2D eigenvalue weighted by Gasteiger charge is 2.32. The number of aliphatic hydroxyl groups is 1. The minimum absolute atomic E-state index is 0.119. The number of aryl methyl sites for hydroxylation is 1. The van der Waals surface area contributed by atoms with Gasteiger partial charge in [0.15, 0.2) is 5.82 Å². The van der Waals surface area contributed by atoms with Crippen molar-refractivity contribution in [2.45, 2.75) is 38.2 Å². The predicted molar refractivity (Wildman–Crippen MR) is 153 cm³/mol. The van der Waals surface area contributed by atoms with Gasteiger partial charge >= 0.3 is 0 Å². The molecule has 7 rings (SSSR count). The van der Waals surface area contributed by atoms with Crippen molar-refractivity contribution in [3.63, 3.8) is 0 Å². The van der Waals surface area contributed by atoms with Crippen LogP contribution in [0.25, 0.3) is 34.4 Å². The zero-order chi connectivity index (χ0) is 26.7. The first-order valence-electron chi connectivity index (χ1n) is 13.4. The lowest BCUT2D eigenvalue weighted by atomic mass is 9.92. The first kappa shape index (κ1) is 25.8. The molecule has 0 atom stereocenters. The van der Waals surface area contributed by atoms with E-state index in [1.165, 1.54) is 17.5 Å². The Labute approximate surface area is 232 Å². The maximum atomic E-state index is 9.17. The molecule has 9 nitrogen and oxygen atoms in total. The zero-order valence-corrected chi connectivity index (χ0v) is 22.8. The van der Waals surface area contributed by atoms with E-state index >= 15 is 0 Å². The average Bonchev–Trinajstić information content (AvgIpc) is 3.46. The van der Waals surface area contributed by atoms with Crippen molar-refractivity contribution in [2.24, 2.45) is 0 Å². The lowest BCUT2D eigenvalue weighted by Gasteiger charge is -2.41. The molecule has 2 aromatic carbocycles. The molecule has 2 aromatic heterocycles. The summed E-state index contributed by atoms with van der Waals surface area (Å²) >= 11 is 1.47. The van der Waals surface area contributed by atoms with Gasteiger partial charge in [0.1, 0.15) is 5.69 Å². The first-order valence-corrected chi connectivity index (χ1v) is 14.4. The van der Waals surface area contributed by atoms with Crippen LogP contribution in [0.4, 0.5) is 11.4 Å². The minimum atomic E-state index is -0.154. The third-order valence-corrected chi connectivity index (χ3v) is 8.09. The number of rotatable bonds is 4. The quantitative estimate of drug-likeness (QED) is 0.262. The molecular formula is C29H32N6O3S. The standard InChI is InChI=1S/C29H32N6O3S/c1-29-10-13-35(14-11-29)25-19-22(34-39-17-15-36)7-8-23(25)27-32-33-28(38-27)24-9-12-30-26(31-24)21-6-2-4-20(18-21)5-3-16-37-29/h2,4,6-9,12,18-19,34,36H,3,5,10-11,13-17H2,1H3. The van der Waals surface area contributed by atoms with Gasteiger partial charge in [0.25, 0.3) is 5.89 Å². The molecular weight excluding hydrogens is 512 g/mol. The van der Waals surface area contributed by atoms with Gasteiger partial charge in [-0.05, 0) is 68.5 Å². The van der Waals surface area contributed by atoms with E-state index in [0.29, 0.717) is 29.1 Å². The second-order valence-electron chi connectivity index (χ2n) is 10.2. The van der Waals surface area contributed by atoms with Crippen molar-refractivity contribution >= 4 is 23.3 Å². The molecule has 202 valence electrons. The van der Waals surface area contributed by atoms with Gasteiger partial charge in [0.05, 0.1) is 23.5 Å². The van der Waals surface area contributed by atoms with Crippen molar-refractivity contribution in [3.8, 4) is 34.4 Å². The number of nitrogens with zero attached hydrogens (tertiary/aromatic N) is 5. The number of ether oxygens (including phenoxy) is 1. The van der Waals surface area contributed by atoms with E-state index in [1.807, 2.05) is 24.3 Å². The maximum absolute atomic E-state index is 9.17. The first-order chi connectivity index (χ1) is 19.1. The van der Waals surface area contributed by atoms with Gasteiger partial charge in [-0.1, -0.05) is 30.1 Å². The predicted octanol–water partition coefficient (Wildman–Crippen LogP) is 5.23. The van der Waals surface area contributed by atoms with Crippen LogP contribution in [0.3, 0.4) is 0 Å². The number of aromatic nitrogens is 4. The molecule has 8 bridgehead atoms. The minimum Gasteiger partial charge on any atom is -0.415 e. The van der Waals surface area contributed by atoms with E-state index in [2.05, 4.69) is 49.9 Å². The highest BCUT2D eigenvalue weighted by atomic mass is 32.2. The van der Waals surface area contributed by atoms with Gasteiger partial charge in [-0.3, -0.25) is 0 Å². The summed E-state index contributed by atoms with van der Waals surface area (Å²) in [5, 5.41) is 17.9. The summed E-state index contributed by atoms with van der Waals surface area (Å²) < 4.78 is 16.0. The Morgan fingerprint density at radius 1 is 1.08 bits per heavy atom. The third-order valence-electron chi connectivity index (χ3n) is 7.32. The van der Waals surface area contributed by atoms with E-state index in [-0.39, 0.29) is 12.2 Å². The summed E-state index contributed by atoms with van der Waals surface area (Å²) in [6.45, 7) is 4.79. The molecule has 4 aromatic rings. The molecule has 10 heteroatoms. The summed E-state index contributed by atoms with van der Waals surface area (Å²) in [6.07, 6.45) is 5.47. The fourth-order valence-corrected chi connectivity index (χ4v) is 5.58. The fraction of sp³-hybridized carbons (Fsp3) is 0.379. The molecule has 0 amide bonds. The van der Waals surface area contributed by atoms with Gasteiger partial charge < -0.3 is 23.9 Å². The molecule has 0 unspecified atom stereocenters. The van der Waals surface area contributed by atoms with Gasteiger partial charge in [-0.25, -0.2) is 9.97 Å². The second kappa shape index (κ2) is 11.3. The van der Waals surface area contributed by atoms with Crippen LogP contribution >= 0.6 is 11.9 Å². The Balaban J connectivity index is 1.40. The number of fused-ring (bicyclic) bond motifs is 5. The smallest absolute Gasteiger partial charge is 0.266 e. The van der Waals surface area contributed by atoms with Gasteiger partial charge in [-0.2, -0.15) is 0 Å². The van der Waals surface area contributed by atoms with E-state index in [0.717, 1.165) is 67.9 Å².